The van der Waals surface area contributed by atoms with Gasteiger partial charge in [0.15, 0.2) is 11.6 Å². The maximum Gasteiger partial charge on any atom is 0.238 e. The Hall–Kier alpha value is -1.99. The predicted molar refractivity (Wildman–Crippen MR) is 69.0 cm³/mol. The van der Waals surface area contributed by atoms with Crippen LogP contribution in [-0.2, 0) is 10.0 Å². The molecule has 2 rings (SSSR count). The third-order valence-corrected chi connectivity index (χ3v) is 3.65. The minimum absolute atomic E-state index is 0.0513. The third kappa shape index (κ3) is 3.12. The van der Waals surface area contributed by atoms with Crippen molar-refractivity contribution in [2.75, 3.05) is 0 Å². The van der Waals surface area contributed by atoms with Crippen molar-refractivity contribution in [3.8, 4) is 11.5 Å². The van der Waals surface area contributed by atoms with Crippen LogP contribution in [0.2, 0.25) is 0 Å². The smallest absolute Gasteiger partial charge is 0.238 e. The van der Waals surface area contributed by atoms with Gasteiger partial charge in [0.2, 0.25) is 10.0 Å². The van der Waals surface area contributed by atoms with Crippen molar-refractivity contribution in [1.29, 1.82) is 0 Å². The highest BCUT2D eigenvalue weighted by Crippen LogP contribution is 2.27. The van der Waals surface area contributed by atoms with Crippen molar-refractivity contribution in [1.82, 2.24) is 0 Å². The molecule has 0 spiro atoms. The lowest BCUT2D eigenvalue weighted by molar-refractivity contribution is 0.436. The van der Waals surface area contributed by atoms with Crippen molar-refractivity contribution < 1.29 is 21.9 Å². The number of nitrogens with two attached hydrogens (primary N) is 1. The SMILES string of the molecule is Cc1cc(Oc2cc(F)ccc2F)ccc1S(N)(=O)=O. The number of primary sulfonamides is 1. The van der Waals surface area contributed by atoms with Gasteiger partial charge in [-0.1, -0.05) is 0 Å². The fraction of sp³-hybridized carbons (Fsp3) is 0.0769. The number of hydrogen-bond acceptors (Lipinski definition) is 3. The molecule has 0 saturated carbocycles. The summed E-state index contributed by atoms with van der Waals surface area (Å²) in [5.41, 5.74) is 0.349. The predicted octanol–water partition coefficient (Wildman–Crippen LogP) is 2.71. The number of aryl methyl sites for hydroxylation is 1. The number of hydrogen-bond donors (Lipinski definition) is 1. The van der Waals surface area contributed by atoms with E-state index in [4.69, 9.17) is 9.88 Å². The van der Waals surface area contributed by atoms with Crippen molar-refractivity contribution in [2.45, 2.75) is 11.8 Å². The molecule has 0 fully saturated rings. The quantitative estimate of drug-likeness (QED) is 0.947. The van der Waals surface area contributed by atoms with Crippen molar-refractivity contribution in [3.63, 3.8) is 0 Å². The topological polar surface area (TPSA) is 69.4 Å². The monoisotopic (exact) mass is 299 g/mol. The number of halogens is 2. The Labute approximate surface area is 114 Å². The van der Waals surface area contributed by atoms with Crippen LogP contribution < -0.4 is 9.88 Å². The lowest BCUT2D eigenvalue weighted by Crippen LogP contribution is -2.13. The van der Waals surface area contributed by atoms with Crippen LogP contribution in [0.5, 0.6) is 11.5 Å². The normalized spacial score (nSPS) is 11.4. The Balaban J connectivity index is 2.36. The van der Waals surface area contributed by atoms with Crippen LogP contribution in [0, 0.1) is 18.6 Å². The highest BCUT2D eigenvalue weighted by Gasteiger charge is 2.13. The van der Waals surface area contributed by atoms with Gasteiger partial charge in [-0.2, -0.15) is 0 Å². The molecule has 0 aliphatic carbocycles. The largest absolute Gasteiger partial charge is 0.454 e. The first-order valence-corrected chi connectivity index (χ1v) is 7.08. The van der Waals surface area contributed by atoms with Crippen LogP contribution in [0.25, 0.3) is 0 Å². The van der Waals surface area contributed by atoms with E-state index < -0.39 is 21.7 Å². The molecule has 20 heavy (non-hydrogen) atoms. The van der Waals surface area contributed by atoms with Crippen molar-refractivity contribution in [2.24, 2.45) is 5.14 Å². The summed E-state index contributed by atoms with van der Waals surface area (Å²) >= 11 is 0. The molecule has 0 radical (unpaired) electrons. The lowest BCUT2D eigenvalue weighted by Gasteiger charge is -2.09. The van der Waals surface area contributed by atoms with Gasteiger partial charge in [-0.05, 0) is 42.8 Å². The third-order valence-electron chi connectivity index (χ3n) is 2.57. The molecule has 0 aliphatic rings. The summed E-state index contributed by atoms with van der Waals surface area (Å²) in [5, 5.41) is 5.03. The summed E-state index contributed by atoms with van der Waals surface area (Å²) in [6.45, 7) is 1.52. The van der Waals surface area contributed by atoms with E-state index in [1.165, 1.54) is 25.1 Å². The fourth-order valence-corrected chi connectivity index (χ4v) is 2.45. The zero-order chi connectivity index (χ0) is 14.9. The van der Waals surface area contributed by atoms with Crippen molar-refractivity contribution >= 4 is 10.0 Å². The van der Waals surface area contributed by atoms with E-state index in [9.17, 15) is 17.2 Å². The fourth-order valence-electron chi connectivity index (χ4n) is 1.69. The first-order chi connectivity index (χ1) is 9.27. The van der Waals surface area contributed by atoms with Gasteiger partial charge < -0.3 is 4.74 Å². The van der Waals surface area contributed by atoms with Crippen LogP contribution in [0.15, 0.2) is 41.3 Å². The molecule has 0 saturated heterocycles. The van der Waals surface area contributed by atoms with Crippen LogP contribution in [-0.4, -0.2) is 8.42 Å². The van der Waals surface area contributed by atoms with Gasteiger partial charge >= 0.3 is 0 Å². The molecule has 2 N–H and O–H groups in total. The van der Waals surface area contributed by atoms with Crippen molar-refractivity contribution in [3.05, 3.63) is 53.6 Å². The summed E-state index contributed by atoms with van der Waals surface area (Å²) < 4.78 is 54.1. The first kappa shape index (κ1) is 14.4. The van der Waals surface area contributed by atoms with Gasteiger partial charge in [0.1, 0.15) is 11.6 Å². The van der Waals surface area contributed by atoms with Gasteiger partial charge in [0.25, 0.3) is 0 Å². The Kier molecular flexibility index (Phi) is 3.74. The van der Waals surface area contributed by atoms with Gasteiger partial charge in [0, 0.05) is 6.07 Å². The molecule has 0 heterocycles. The van der Waals surface area contributed by atoms with Crippen LogP contribution in [0.4, 0.5) is 8.78 Å². The van der Waals surface area contributed by atoms with E-state index in [1.54, 1.807) is 0 Å². The number of ether oxygens (including phenoxy) is 1. The molecule has 2 aromatic carbocycles. The second-order valence-electron chi connectivity index (χ2n) is 4.15. The zero-order valence-electron chi connectivity index (χ0n) is 10.4. The number of benzene rings is 2. The Morgan fingerprint density at radius 1 is 1.10 bits per heavy atom. The minimum Gasteiger partial charge on any atom is -0.454 e. The van der Waals surface area contributed by atoms with Crippen LogP contribution in [0.3, 0.4) is 0 Å². The zero-order valence-corrected chi connectivity index (χ0v) is 11.2. The molecule has 0 aromatic heterocycles. The number of rotatable bonds is 3. The summed E-state index contributed by atoms with van der Waals surface area (Å²) in [6, 6.07) is 6.75. The maximum atomic E-state index is 13.4. The molecule has 0 aliphatic heterocycles. The van der Waals surface area contributed by atoms with Crippen LogP contribution >= 0.6 is 0 Å². The second-order valence-corrected chi connectivity index (χ2v) is 5.68. The van der Waals surface area contributed by atoms with Crippen LogP contribution in [0.1, 0.15) is 5.56 Å². The molecule has 0 atom stereocenters. The molecular weight excluding hydrogens is 288 g/mol. The van der Waals surface area contributed by atoms with Gasteiger partial charge in [-0.3, -0.25) is 0 Å². The molecule has 0 bridgehead atoms. The first-order valence-electron chi connectivity index (χ1n) is 5.54. The van der Waals surface area contributed by atoms with Gasteiger partial charge in [-0.15, -0.1) is 0 Å². The molecule has 4 nitrogen and oxygen atoms in total. The molecule has 106 valence electrons. The van der Waals surface area contributed by atoms with E-state index >= 15 is 0 Å². The lowest BCUT2D eigenvalue weighted by atomic mass is 10.2. The van der Waals surface area contributed by atoms with Gasteiger partial charge in [-0.25, -0.2) is 22.3 Å². The van der Waals surface area contributed by atoms with E-state index in [2.05, 4.69) is 0 Å². The molecule has 0 amide bonds. The van der Waals surface area contributed by atoms with Gasteiger partial charge in [0.05, 0.1) is 4.90 Å². The van der Waals surface area contributed by atoms with E-state index in [-0.39, 0.29) is 16.4 Å². The molecule has 0 unspecified atom stereocenters. The summed E-state index contributed by atoms with van der Waals surface area (Å²) in [4.78, 5) is -0.0513. The Bertz CT molecular complexity index is 760. The number of sulfonamides is 1. The summed E-state index contributed by atoms with van der Waals surface area (Å²) in [5.74, 6) is -1.47. The second kappa shape index (κ2) is 5.18. The van der Waals surface area contributed by atoms with E-state index in [0.717, 1.165) is 18.2 Å². The molecule has 7 heteroatoms. The average Bonchev–Trinajstić information content (AvgIpc) is 2.32. The summed E-state index contributed by atoms with van der Waals surface area (Å²) in [6.07, 6.45) is 0. The standard InChI is InChI=1S/C13H11F2NO3S/c1-8-6-10(3-5-13(8)20(16,17)18)19-12-7-9(14)2-4-11(12)15/h2-7H,1H3,(H2,16,17,18). The highest BCUT2D eigenvalue weighted by molar-refractivity contribution is 7.89. The summed E-state index contributed by atoms with van der Waals surface area (Å²) in [7, 11) is -3.83. The Morgan fingerprint density at radius 2 is 1.80 bits per heavy atom. The molecule has 2 aromatic rings. The Morgan fingerprint density at radius 3 is 2.40 bits per heavy atom. The van der Waals surface area contributed by atoms with E-state index in [0.29, 0.717) is 5.56 Å². The van der Waals surface area contributed by atoms with E-state index in [1.807, 2.05) is 0 Å². The minimum atomic E-state index is -3.83. The highest BCUT2D eigenvalue weighted by atomic mass is 32.2. The molecular formula is C13H11F2NO3S. The maximum absolute atomic E-state index is 13.4. The average molecular weight is 299 g/mol.